The molecule has 3 unspecified atom stereocenters. The molecule has 1 aromatic rings. The van der Waals surface area contributed by atoms with Gasteiger partial charge in [-0.15, -0.1) is 0 Å². The number of amides is 1. The summed E-state index contributed by atoms with van der Waals surface area (Å²) in [5.41, 5.74) is 1.29. The van der Waals surface area contributed by atoms with Gasteiger partial charge in [0.15, 0.2) is 9.03 Å². The van der Waals surface area contributed by atoms with Gasteiger partial charge in [-0.25, -0.2) is 0 Å². The molecule has 0 aliphatic rings. The highest BCUT2D eigenvalue weighted by Gasteiger charge is 2.22. The monoisotopic (exact) mass is 412 g/mol. The molecule has 28 heavy (non-hydrogen) atoms. The van der Waals surface area contributed by atoms with E-state index in [0.29, 0.717) is 18.0 Å². The average Bonchev–Trinajstić information content (AvgIpc) is 2.66. The SMILES string of the molecule is CCCCC(CC(C)C)C(=O)NCc1ccc([N+](=O)[O-])c(C(C)OPOC)c1. The van der Waals surface area contributed by atoms with Gasteiger partial charge >= 0.3 is 0 Å². The fourth-order valence-electron chi connectivity index (χ4n) is 3.10. The summed E-state index contributed by atoms with van der Waals surface area (Å²) in [5, 5.41) is 14.3. The summed E-state index contributed by atoms with van der Waals surface area (Å²) in [6, 6.07) is 4.87. The standard InChI is InChI=1S/C20H33N2O5P/c1-6-7-8-17(11-14(2)3)20(23)21-13-16-9-10-19(22(24)25)18(12-16)15(4)27-28-26-5/h9-10,12,14-15,17,28H,6-8,11,13H2,1-5H3,(H,21,23). The zero-order chi connectivity index (χ0) is 21.1. The van der Waals surface area contributed by atoms with E-state index in [1.807, 2.05) is 0 Å². The molecule has 0 radical (unpaired) electrons. The fraction of sp³-hybridized carbons (Fsp3) is 0.650. The largest absolute Gasteiger partial charge is 0.352 e. The van der Waals surface area contributed by atoms with Crippen molar-refractivity contribution in [3.8, 4) is 0 Å². The summed E-state index contributed by atoms with van der Waals surface area (Å²) in [4.78, 5) is 23.5. The highest BCUT2D eigenvalue weighted by atomic mass is 31.1. The van der Waals surface area contributed by atoms with Crippen molar-refractivity contribution in [1.82, 2.24) is 5.32 Å². The molecule has 158 valence electrons. The minimum atomic E-state index is -0.479. The van der Waals surface area contributed by atoms with E-state index in [-0.39, 0.29) is 26.5 Å². The number of nitro groups is 1. The molecule has 0 bridgehead atoms. The van der Waals surface area contributed by atoms with Crippen molar-refractivity contribution >= 4 is 20.6 Å². The van der Waals surface area contributed by atoms with Gasteiger partial charge in [0.25, 0.3) is 5.69 Å². The first-order valence-corrected chi connectivity index (χ1v) is 10.6. The van der Waals surface area contributed by atoms with E-state index >= 15 is 0 Å². The molecule has 7 nitrogen and oxygen atoms in total. The van der Waals surface area contributed by atoms with E-state index in [2.05, 4.69) is 26.1 Å². The van der Waals surface area contributed by atoms with Crippen LogP contribution in [0.4, 0.5) is 5.69 Å². The Morgan fingerprint density at radius 3 is 2.61 bits per heavy atom. The van der Waals surface area contributed by atoms with Crippen LogP contribution in [-0.2, 0) is 20.4 Å². The van der Waals surface area contributed by atoms with Gasteiger partial charge in [0, 0.05) is 25.6 Å². The van der Waals surface area contributed by atoms with Crippen molar-refractivity contribution in [3.63, 3.8) is 0 Å². The van der Waals surface area contributed by atoms with Gasteiger partial charge in [-0.1, -0.05) is 39.7 Å². The van der Waals surface area contributed by atoms with Crippen LogP contribution in [-0.4, -0.2) is 17.9 Å². The molecule has 8 heteroatoms. The van der Waals surface area contributed by atoms with Crippen LogP contribution in [0.5, 0.6) is 0 Å². The van der Waals surface area contributed by atoms with Crippen molar-refractivity contribution in [2.75, 3.05) is 7.11 Å². The van der Waals surface area contributed by atoms with Crippen LogP contribution in [0.2, 0.25) is 0 Å². The minimum Gasteiger partial charge on any atom is -0.352 e. The van der Waals surface area contributed by atoms with Gasteiger partial charge in [0.1, 0.15) is 0 Å². The molecule has 3 atom stereocenters. The van der Waals surface area contributed by atoms with E-state index in [9.17, 15) is 14.9 Å². The van der Waals surface area contributed by atoms with Gasteiger partial charge in [-0.3, -0.25) is 14.9 Å². The number of nitrogens with one attached hydrogen (secondary N) is 1. The van der Waals surface area contributed by atoms with E-state index in [1.54, 1.807) is 19.1 Å². The Kier molecular flexibility index (Phi) is 11.2. The molecule has 0 saturated heterocycles. The third-order valence-electron chi connectivity index (χ3n) is 4.53. The Morgan fingerprint density at radius 1 is 1.32 bits per heavy atom. The van der Waals surface area contributed by atoms with Gasteiger partial charge in [0.05, 0.1) is 16.6 Å². The molecule has 1 amide bonds. The molecule has 1 rings (SSSR count). The van der Waals surface area contributed by atoms with E-state index in [0.717, 1.165) is 31.2 Å². The lowest BCUT2D eigenvalue weighted by molar-refractivity contribution is -0.386. The number of carbonyl (C=O) groups excluding carboxylic acids is 1. The van der Waals surface area contributed by atoms with Crippen LogP contribution in [0.15, 0.2) is 18.2 Å². The number of benzene rings is 1. The topological polar surface area (TPSA) is 90.7 Å². The van der Waals surface area contributed by atoms with Gasteiger partial charge in [0.2, 0.25) is 5.91 Å². The molecular formula is C20H33N2O5P. The summed E-state index contributed by atoms with van der Waals surface area (Å²) < 4.78 is 10.4. The first-order chi connectivity index (χ1) is 13.3. The third kappa shape index (κ3) is 8.21. The Bertz CT molecular complexity index is 639. The van der Waals surface area contributed by atoms with Crippen LogP contribution in [0.3, 0.4) is 0 Å². The van der Waals surface area contributed by atoms with E-state index in [4.69, 9.17) is 9.05 Å². The number of nitrogens with zero attached hydrogens (tertiary/aromatic N) is 1. The smallest absolute Gasteiger partial charge is 0.275 e. The molecule has 0 aliphatic heterocycles. The van der Waals surface area contributed by atoms with Gasteiger partial charge < -0.3 is 14.4 Å². The van der Waals surface area contributed by atoms with Crippen LogP contribution >= 0.6 is 9.03 Å². The maximum Gasteiger partial charge on any atom is 0.275 e. The van der Waals surface area contributed by atoms with E-state index in [1.165, 1.54) is 13.2 Å². The molecule has 0 spiro atoms. The van der Waals surface area contributed by atoms with Crippen molar-refractivity contribution in [3.05, 3.63) is 39.4 Å². The Balaban J connectivity index is 2.87. The molecule has 0 aromatic heterocycles. The maximum absolute atomic E-state index is 12.6. The highest BCUT2D eigenvalue weighted by molar-refractivity contribution is 7.26. The lowest BCUT2D eigenvalue weighted by atomic mass is 9.91. The summed E-state index contributed by atoms with van der Waals surface area (Å²) in [5.74, 6) is 0.507. The summed E-state index contributed by atoms with van der Waals surface area (Å²) >= 11 is 0. The normalized spacial score (nSPS) is 13.8. The molecule has 0 fully saturated rings. The number of hydrogen-bond donors (Lipinski definition) is 1. The number of hydrogen-bond acceptors (Lipinski definition) is 5. The first kappa shape index (κ1) is 24.5. The van der Waals surface area contributed by atoms with Crippen LogP contribution in [0, 0.1) is 22.0 Å². The fourth-order valence-corrected chi connectivity index (χ4v) is 3.47. The van der Waals surface area contributed by atoms with Gasteiger partial charge in [-0.05, 0) is 37.3 Å². The number of unbranched alkanes of at least 4 members (excludes halogenated alkanes) is 1. The van der Waals surface area contributed by atoms with Crippen molar-refractivity contribution in [1.29, 1.82) is 0 Å². The summed E-state index contributed by atoms with van der Waals surface area (Å²) in [7, 11) is 1.32. The number of nitro benzene ring substituents is 1. The van der Waals surface area contributed by atoms with Crippen LogP contribution in [0.1, 0.15) is 70.6 Å². The third-order valence-corrected chi connectivity index (χ3v) is 5.15. The number of carbonyl (C=O) groups is 1. The number of rotatable bonds is 13. The second-order valence-electron chi connectivity index (χ2n) is 7.38. The molecule has 0 heterocycles. The summed E-state index contributed by atoms with van der Waals surface area (Å²) in [6.07, 6.45) is 3.36. The Morgan fingerprint density at radius 2 is 2.04 bits per heavy atom. The molecule has 1 N–H and O–H groups in total. The highest BCUT2D eigenvalue weighted by Crippen LogP contribution is 2.33. The van der Waals surface area contributed by atoms with Crippen LogP contribution in [0.25, 0.3) is 0 Å². The zero-order valence-corrected chi connectivity index (χ0v) is 18.5. The molecule has 0 saturated carbocycles. The predicted octanol–water partition coefficient (Wildman–Crippen LogP) is 5.30. The second-order valence-corrected chi connectivity index (χ2v) is 8.19. The maximum atomic E-state index is 12.6. The van der Waals surface area contributed by atoms with Crippen molar-refractivity contribution < 1.29 is 18.8 Å². The van der Waals surface area contributed by atoms with Gasteiger partial charge in [-0.2, -0.15) is 0 Å². The first-order valence-electron chi connectivity index (χ1n) is 9.78. The van der Waals surface area contributed by atoms with Crippen LogP contribution < -0.4 is 5.32 Å². The lowest BCUT2D eigenvalue weighted by Gasteiger charge is -2.19. The lowest BCUT2D eigenvalue weighted by Crippen LogP contribution is -2.31. The van der Waals surface area contributed by atoms with Crippen molar-refractivity contribution in [2.45, 2.75) is 66.0 Å². The zero-order valence-electron chi connectivity index (χ0n) is 17.5. The Labute approximate surface area is 169 Å². The second kappa shape index (κ2) is 12.8. The minimum absolute atomic E-state index is 0.00243. The Hall–Kier alpha value is -1.56. The molecule has 0 aliphatic carbocycles. The summed E-state index contributed by atoms with van der Waals surface area (Å²) in [6.45, 7) is 8.45. The molecular weight excluding hydrogens is 379 g/mol. The molecule has 1 aromatic carbocycles. The van der Waals surface area contributed by atoms with Crippen molar-refractivity contribution in [2.24, 2.45) is 11.8 Å². The average molecular weight is 412 g/mol. The van der Waals surface area contributed by atoms with E-state index < -0.39 is 11.0 Å². The quantitative estimate of drug-likeness (QED) is 0.270. The predicted molar refractivity (Wildman–Crippen MR) is 112 cm³/mol.